The average molecular weight is 426 g/mol. The van der Waals surface area contributed by atoms with Gasteiger partial charge in [-0.2, -0.15) is 22.0 Å². The maximum Gasteiger partial charge on any atom is 0.465 e. The molecule has 0 N–H and O–H groups in total. The maximum atomic E-state index is 12.9. The highest BCUT2D eigenvalue weighted by Gasteiger charge is 2.65. The molecule has 4 saturated carbocycles. The number of esters is 2. The van der Waals surface area contributed by atoms with Crippen molar-refractivity contribution in [2.45, 2.75) is 62.8 Å². The zero-order chi connectivity index (χ0) is 21.6. The fraction of sp³-hybridized carbons (Fsp3) is 0.789. The molecule has 0 radical (unpaired) electrons. The third kappa shape index (κ3) is 4.27. The highest BCUT2D eigenvalue weighted by Crippen LogP contribution is 2.58. The van der Waals surface area contributed by atoms with E-state index in [1.54, 1.807) is 6.92 Å². The maximum absolute atomic E-state index is 12.9. The molecule has 10 heteroatoms. The molecule has 2 unspecified atom stereocenters. The summed E-state index contributed by atoms with van der Waals surface area (Å²) in [6.07, 6.45) is -2.48. The van der Waals surface area contributed by atoms with E-state index in [9.17, 15) is 31.5 Å². The molecule has 0 aromatic rings. The van der Waals surface area contributed by atoms with Crippen LogP contribution in [-0.2, 0) is 23.8 Å². The summed E-state index contributed by atoms with van der Waals surface area (Å²) in [5.41, 5.74) is -0.223. The van der Waals surface area contributed by atoms with Crippen LogP contribution in [0.1, 0.15) is 39.0 Å². The fourth-order valence-electron chi connectivity index (χ4n) is 5.11. The highest BCUT2D eigenvalue weighted by molar-refractivity contribution is 5.87. The Bertz CT molecular complexity index is 673. The smallest absolute Gasteiger partial charge is 0.459 e. The Morgan fingerprint density at radius 2 is 1.62 bits per heavy atom. The molecule has 4 aliphatic carbocycles. The minimum atomic E-state index is -6.00. The quantitative estimate of drug-likeness (QED) is 0.268. The third-order valence-corrected chi connectivity index (χ3v) is 6.03. The highest BCUT2D eigenvalue weighted by atomic mass is 19.4. The van der Waals surface area contributed by atoms with Crippen molar-refractivity contribution in [3.05, 3.63) is 12.2 Å². The molecule has 2 atom stereocenters. The van der Waals surface area contributed by atoms with Crippen LogP contribution in [0, 0.1) is 17.8 Å². The van der Waals surface area contributed by atoms with Gasteiger partial charge in [0.25, 0.3) is 0 Å². The summed E-state index contributed by atoms with van der Waals surface area (Å²) in [5.74, 6) is -8.03. The molecule has 0 aromatic carbocycles. The number of carbonyl (C=O) groups excluding carboxylic acids is 2. The molecule has 0 heterocycles. The molecule has 29 heavy (non-hydrogen) atoms. The minimum absolute atomic E-state index is 0.0893. The van der Waals surface area contributed by atoms with Crippen LogP contribution in [-0.4, -0.2) is 49.0 Å². The molecule has 164 valence electrons. The first-order chi connectivity index (χ1) is 13.3. The molecule has 0 saturated heterocycles. The van der Waals surface area contributed by atoms with Crippen LogP contribution < -0.4 is 0 Å². The monoisotopic (exact) mass is 426 g/mol. The van der Waals surface area contributed by atoms with Crippen molar-refractivity contribution in [2.75, 3.05) is 13.2 Å². The summed E-state index contributed by atoms with van der Waals surface area (Å²) in [5, 5.41) is 0. The van der Waals surface area contributed by atoms with Gasteiger partial charge in [-0.1, -0.05) is 6.58 Å². The number of hydrogen-bond donors (Lipinski definition) is 0. The van der Waals surface area contributed by atoms with Crippen LogP contribution in [0.25, 0.3) is 0 Å². The largest absolute Gasteiger partial charge is 0.465 e. The van der Waals surface area contributed by atoms with Crippen LogP contribution in [0.4, 0.5) is 22.0 Å². The zero-order valence-electron chi connectivity index (χ0n) is 15.9. The van der Waals surface area contributed by atoms with Crippen LogP contribution >= 0.6 is 0 Å². The third-order valence-electron chi connectivity index (χ3n) is 6.03. The van der Waals surface area contributed by atoms with Gasteiger partial charge in [-0.25, -0.2) is 9.59 Å². The second-order valence-corrected chi connectivity index (χ2v) is 8.37. The lowest BCUT2D eigenvalue weighted by molar-refractivity contribution is -0.281. The molecule has 0 spiro atoms. The van der Waals surface area contributed by atoms with E-state index in [-0.39, 0.29) is 24.5 Å². The van der Waals surface area contributed by atoms with Gasteiger partial charge in [-0.05, 0) is 56.8 Å². The van der Waals surface area contributed by atoms with E-state index in [0.717, 1.165) is 19.3 Å². The summed E-state index contributed by atoms with van der Waals surface area (Å²) in [6.45, 7) is 4.21. The van der Waals surface area contributed by atoms with Gasteiger partial charge in [-0.3, -0.25) is 0 Å². The molecule has 5 nitrogen and oxygen atoms in total. The molecule has 0 aromatic heterocycles. The van der Waals surface area contributed by atoms with E-state index in [0.29, 0.717) is 24.3 Å². The predicted octanol–water partition coefficient (Wildman–Crippen LogP) is 3.81. The molecular formula is C19H23F5O5. The Balaban J connectivity index is 1.51. The summed E-state index contributed by atoms with van der Waals surface area (Å²) >= 11 is 0. The zero-order valence-corrected chi connectivity index (χ0v) is 15.9. The summed E-state index contributed by atoms with van der Waals surface area (Å²) in [4.78, 5) is 23.0. The summed E-state index contributed by atoms with van der Waals surface area (Å²) < 4.78 is 77.6. The summed E-state index contributed by atoms with van der Waals surface area (Å²) in [7, 11) is 0. The second-order valence-electron chi connectivity index (χ2n) is 8.37. The van der Waals surface area contributed by atoms with Gasteiger partial charge in [0.1, 0.15) is 12.2 Å². The fourth-order valence-corrected chi connectivity index (χ4v) is 5.11. The van der Waals surface area contributed by atoms with Crippen molar-refractivity contribution in [3.63, 3.8) is 0 Å². The van der Waals surface area contributed by atoms with Crippen LogP contribution in [0.5, 0.6) is 0 Å². The SMILES string of the molecule is C=C(C)C(=O)OC12CC3CC(C1)C(OCCOC(=O)C(F)(F)C(F)(F)F)C(C3)C2. The molecule has 4 rings (SSSR count). The molecular weight excluding hydrogens is 403 g/mol. The Morgan fingerprint density at radius 1 is 1.03 bits per heavy atom. The van der Waals surface area contributed by atoms with Gasteiger partial charge in [0.2, 0.25) is 0 Å². The molecule has 4 fully saturated rings. The number of hydrogen-bond acceptors (Lipinski definition) is 5. The van der Waals surface area contributed by atoms with E-state index in [4.69, 9.17) is 9.47 Å². The van der Waals surface area contributed by atoms with Gasteiger partial charge < -0.3 is 14.2 Å². The number of carbonyl (C=O) groups is 2. The second kappa shape index (κ2) is 7.52. The van der Waals surface area contributed by atoms with Crippen molar-refractivity contribution in [1.82, 2.24) is 0 Å². The number of rotatable bonds is 7. The molecule has 0 amide bonds. The topological polar surface area (TPSA) is 61.8 Å². The van der Waals surface area contributed by atoms with E-state index in [1.165, 1.54) is 0 Å². The van der Waals surface area contributed by atoms with E-state index in [2.05, 4.69) is 11.3 Å². The first-order valence-corrected chi connectivity index (χ1v) is 9.47. The standard InChI is InChI=1S/C19H23F5O5/c1-10(2)15(25)29-17-7-11-5-12(8-17)14(13(6-11)9-17)27-3-4-28-16(26)18(20,21)19(22,23)24/h11-14H,1,3-9H2,2H3. The van der Waals surface area contributed by atoms with Crippen molar-refractivity contribution in [3.8, 4) is 0 Å². The van der Waals surface area contributed by atoms with Crippen LogP contribution in [0.2, 0.25) is 0 Å². The minimum Gasteiger partial charge on any atom is -0.459 e. The van der Waals surface area contributed by atoms with E-state index in [1.807, 2.05) is 0 Å². The van der Waals surface area contributed by atoms with Crippen LogP contribution in [0.15, 0.2) is 12.2 Å². The molecule has 0 aliphatic heterocycles. The Labute approximate surface area is 164 Å². The average Bonchev–Trinajstić information content (AvgIpc) is 2.58. The molecule has 4 bridgehead atoms. The van der Waals surface area contributed by atoms with Gasteiger partial charge in [-0.15, -0.1) is 0 Å². The van der Waals surface area contributed by atoms with Gasteiger partial charge in [0.05, 0.1) is 12.7 Å². The van der Waals surface area contributed by atoms with Gasteiger partial charge >= 0.3 is 24.0 Å². The Hall–Kier alpha value is -1.71. The van der Waals surface area contributed by atoms with Gasteiger partial charge in [0.15, 0.2) is 0 Å². The first kappa shape index (κ1) is 22.0. The van der Waals surface area contributed by atoms with E-state index >= 15 is 0 Å². The predicted molar refractivity (Wildman–Crippen MR) is 88.9 cm³/mol. The lowest BCUT2D eigenvalue weighted by Gasteiger charge is -2.58. The van der Waals surface area contributed by atoms with Gasteiger partial charge in [0, 0.05) is 5.57 Å². The van der Waals surface area contributed by atoms with Crippen LogP contribution in [0.3, 0.4) is 0 Å². The normalized spacial score (nSPS) is 33.4. The number of alkyl halides is 5. The van der Waals surface area contributed by atoms with Crippen molar-refractivity contribution in [2.24, 2.45) is 17.8 Å². The Morgan fingerprint density at radius 3 is 2.14 bits per heavy atom. The first-order valence-electron chi connectivity index (χ1n) is 9.47. The Kier molecular flexibility index (Phi) is 5.70. The van der Waals surface area contributed by atoms with Crippen molar-refractivity contribution >= 4 is 11.9 Å². The molecule has 4 aliphatic rings. The lowest BCUT2D eigenvalue weighted by atomic mass is 9.53. The van der Waals surface area contributed by atoms with Crippen molar-refractivity contribution in [1.29, 1.82) is 0 Å². The van der Waals surface area contributed by atoms with Crippen molar-refractivity contribution < 1.29 is 45.8 Å². The summed E-state index contributed by atoms with van der Waals surface area (Å²) in [6, 6.07) is 0. The number of halogens is 5. The lowest BCUT2D eigenvalue weighted by Crippen LogP contribution is -2.59. The number of ether oxygens (including phenoxy) is 3. The van der Waals surface area contributed by atoms with E-state index < -0.39 is 36.2 Å².